The number of fused-ring (bicyclic) bond motifs is 1. The van der Waals surface area contributed by atoms with Gasteiger partial charge >= 0.3 is 0 Å². The number of nitrogens with one attached hydrogen (secondary N) is 2. The van der Waals surface area contributed by atoms with Crippen LogP contribution in [0, 0.1) is 13.8 Å². The third-order valence-electron chi connectivity index (χ3n) is 4.38. The average molecular weight is 357 g/mol. The Hall–Kier alpha value is -3.67. The van der Waals surface area contributed by atoms with Crippen molar-refractivity contribution in [2.45, 2.75) is 13.8 Å². The molecule has 0 saturated heterocycles. The molecule has 0 aliphatic rings. The molecular formula is C21H19N5O. The molecule has 0 unspecified atom stereocenters. The summed E-state index contributed by atoms with van der Waals surface area (Å²) in [5, 5.41) is 2.86. The lowest BCUT2D eigenvalue weighted by atomic mass is 10.1. The largest absolute Gasteiger partial charge is 0.399 e. The molecular weight excluding hydrogens is 338 g/mol. The molecule has 2 heterocycles. The number of aryl methyl sites for hydroxylation is 2. The van der Waals surface area contributed by atoms with Gasteiger partial charge in [-0.2, -0.15) is 0 Å². The number of hydrogen-bond acceptors (Lipinski definition) is 4. The standard InChI is InChI=1S/C21H19N5O/c1-12-9-13(2)19(23-11-12)26-21(27)15-5-8-17-18(10-15)25-20(24-17)14-3-6-16(22)7-4-14/h3-11H,22H2,1-2H3,(H,24,25)(H,23,26,27). The Morgan fingerprint density at radius 2 is 1.85 bits per heavy atom. The van der Waals surface area contributed by atoms with Crippen LogP contribution in [0.3, 0.4) is 0 Å². The maximum atomic E-state index is 12.6. The summed E-state index contributed by atoms with van der Waals surface area (Å²) in [7, 11) is 0. The van der Waals surface area contributed by atoms with Crippen LogP contribution in [0.2, 0.25) is 0 Å². The zero-order valence-electron chi connectivity index (χ0n) is 15.1. The van der Waals surface area contributed by atoms with Crippen molar-refractivity contribution in [3.8, 4) is 11.4 Å². The van der Waals surface area contributed by atoms with Gasteiger partial charge < -0.3 is 16.0 Å². The molecule has 6 heteroatoms. The molecule has 0 saturated carbocycles. The summed E-state index contributed by atoms with van der Waals surface area (Å²) < 4.78 is 0. The van der Waals surface area contributed by atoms with Gasteiger partial charge in [-0.15, -0.1) is 0 Å². The predicted molar refractivity (Wildman–Crippen MR) is 108 cm³/mol. The second kappa shape index (κ2) is 6.57. The number of nitrogens with two attached hydrogens (primary N) is 1. The topological polar surface area (TPSA) is 96.7 Å². The van der Waals surface area contributed by atoms with E-state index < -0.39 is 0 Å². The van der Waals surface area contributed by atoms with Crippen LogP contribution in [-0.2, 0) is 0 Å². The number of nitrogens with zero attached hydrogens (tertiary/aromatic N) is 2. The summed E-state index contributed by atoms with van der Waals surface area (Å²) in [6, 6.07) is 14.9. The van der Waals surface area contributed by atoms with E-state index in [2.05, 4.69) is 20.3 Å². The normalized spacial score (nSPS) is 10.9. The predicted octanol–water partition coefficient (Wildman–Crippen LogP) is 4.08. The van der Waals surface area contributed by atoms with Crippen LogP contribution in [0.1, 0.15) is 21.5 Å². The van der Waals surface area contributed by atoms with Gasteiger partial charge in [0, 0.05) is 23.0 Å². The van der Waals surface area contributed by atoms with E-state index in [1.165, 1.54) is 0 Å². The van der Waals surface area contributed by atoms with Gasteiger partial charge in [-0.25, -0.2) is 9.97 Å². The van der Waals surface area contributed by atoms with E-state index in [9.17, 15) is 4.79 Å². The number of imidazole rings is 1. The number of hydrogen-bond donors (Lipinski definition) is 3. The van der Waals surface area contributed by atoms with Crippen LogP contribution in [0.4, 0.5) is 11.5 Å². The van der Waals surface area contributed by atoms with E-state index >= 15 is 0 Å². The van der Waals surface area contributed by atoms with E-state index in [1.54, 1.807) is 18.3 Å². The Morgan fingerprint density at radius 1 is 1.07 bits per heavy atom. The number of carbonyl (C=O) groups excluding carboxylic acids is 1. The van der Waals surface area contributed by atoms with Crippen molar-refractivity contribution < 1.29 is 4.79 Å². The highest BCUT2D eigenvalue weighted by molar-refractivity contribution is 6.05. The summed E-state index contributed by atoms with van der Waals surface area (Å²) in [4.78, 5) is 24.7. The lowest BCUT2D eigenvalue weighted by molar-refractivity contribution is 0.102. The third kappa shape index (κ3) is 3.37. The Bertz CT molecular complexity index is 1150. The first-order valence-corrected chi connectivity index (χ1v) is 8.60. The second-order valence-corrected chi connectivity index (χ2v) is 6.57. The SMILES string of the molecule is Cc1cnc(NC(=O)c2ccc3nc(-c4ccc(N)cc4)[nH]c3c2)c(C)c1. The fourth-order valence-corrected chi connectivity index (χ4v) is 2.95. The Kier molecular flexibility index (Phi) is 4.08. The number of nitrogen functional groups attached to an aromatic ring is 1. The first-order valence-electron chi connectivity index (χ1n) is 8.60. The zero-order chi connectivity index (χ0) is 19.0. The molecule has 6 nitrogen and oxygen atoms in total. The maximum Gasteiger partial charge on any atom is 0.256 e. The molecule has 2 aromatic carbocycles. The van der Waals surface area contributed by atoms with Crippen molar-refractivity contribution in [1.29, 1.82) is 0 Å². The Morgan fingerprint density at radius 3 is 2.59 bits per heavy atom. The van der Waals surface area contributed by atoms with Gasteiger partial charge in [0.15, 0.2) is 0 Å². The highest BCUT2D eigenvalue weighted by Crippen LogP contribution is 2.23. The smallest absolute Gasteiger partial charge is 0.256 e. The fourth-order valence-electron chi connectivity index (χ4n) is 2.95. The molecule has 0 aliphatic carbocycles. The Balaban J connectivity index is 1.62. The number of aromatic amines is 1. The summed E-state index contributed by atoms with van der Waals surface area (Å²) in [5.41, 5.74) is 11.5. The molecule has 0 aliphatic heterocycles. The van der Waals surface area contributed by atoms with Crippen LogP contribution in [0.5, 0.6) is 0 Å². The molecule has 2 aromatic heterocycles. The van der Waals surface area contributed by atoms with Crippen molar-refractivity contribution in [2.75, 3.05) is 11.1 Å². The Labute approximate surface area is 156 Å². The molecule has 0 bridgehead atoms. The van der Waals surface area contributed by atoms with Gasteiger partial charge in [-0.05, 0) is 67.4 Å². The van der Waals surface area contributed by atoms with Crippen LogP contribution in [0.25, 0.3) is 22.4 Å². The number of aromatic nitrogens is 3. The van der Waals surface area contributed by atoms with Gasteiger partial charge in [0.25, 0.3) is 5.91 Å². The van der Waals surface area contributed by atoms with Crippen LogP contribution < -0.4 is 11.1 Å². The fraction of sp³-hybridized carbons (Fsp3) is 0.0952. The summed E-state index contributed by atoms with van der Waals surface area (Å²) in [6.07, 6.45) is 1.74. The lowest BCUT2D eigenvalue weighted by Gasteiger charge is -2.08. The van der Waals surface area contributed by atoms with E-state index in [0.29, 0.717) is 17.1 Å². The molecule has 0 fully saturated rings. The summed E-state index contributed by atoms with van der Waals surface area (Å²) in [5.74, 6) is 1.09. The second-order valence-electron chi connectivity index (χ2n) is 6.57. The molecule has 4 rings (SSSR count). The first kappa shape index (κ1) is 16.8. The molecule has 1 amide bonds. The van der Waals surface area contributed by atoms with Crippen molar-refractivity contribution in [3.05, 3.63) is 71.4 Å². The number of pyridine rings is 1. The van der Waals surface area contributed by atoms with E-state index in [0.717, 1.165) is 33.5 Å². The number of carbonyl (C=O) groups is 1. The van der Waals surface area contributed by atoms with Crippen LogP contribution in [-0.4, -0.2) is 20.9 Å². The molecule has 4 aromatic rings. The highest BCUT2D eigenvalue weighted by atomic mass is 16.1. The third-order valence-corrected chi connectivity index (χ3v) is 4.38. The molecule has 27 heavy (non-hydrogen) atoms. The van der Waals surface area contributed by atoms with Crippen molar-refractivity contribution in [3.63, 3.8) is 0 Å². The molecule has 0 spiro atoms. The minimum atomic E-state index is -0.208. The number of H-pyrrole nitrogens is 1. The number of rotatable bonds is 3. The van der Waals surface area contributed by atoms with Gasteiger partial charge in [-0.1, -0.05) is 6.07 Å². The van der Waals surface area contributed by atoms with Gasteiger partial charge in [0.1, 0.15) is 11.6 Å². The first-order chi connectivity index (χ1) is 13.0. The van der Waals surface area contributed by atoms with Gasteiger partial charge in [-0.3, -0.25) is 4.79 Å². The van der Waals surface area contributed by atoms with Crippen molar-refractivity contribution in [1.82, 2.24) is 15.0 Å². The number of amides is 1. The maximum absolute atomic E-state index is 12.6. The van der Waals surface area contributed by atoms with E-state index in [-0.39, 0.29) is 5.91 Å². The highest BCUT2D eigenvalue weighted by Gasteiger charge is 2.12. The minimum Gasteiger partial charge on any atom is -0.399 e. The van der Waals surface area contributed by atoms with Gasteiger partial charge in [0.2, 0.25) is 0 Å². The molecule has 134 valence electrons. The summed E-state index contributed by atoms with van der Waals surface area (Å²) in [6.45, 7) is 3.89. The van der Waals surface area contributed by atoms with Gasteiger partial charge in [0.05, 0.1) is 11.0 Å². The monoisotopic (exact) mass is 357 g/mol. The number of anilines is 2. The minimum absolute atomic E-state index is 0.208. The van der Waals surface area contributed by atoms with Crippen molar-refractivity contribution in [2.24, 2.45) is 0 Å². The molecule has 0 radical (unpaired) electrons. The zero-order valence-corrected chi connectivity index (χ0v) is 15.1. The van der Waals surface area contributed by atoms with Crippen LogP contribution >= 0.6 is 0 Å². The molecule has 4 N–H and O–H groups in total. The summed E-state index contributed by atoms with van der Waals surface area (Å²) >= 11 is 0. The quantitative estimate of drug-likeness (QED) is 0.481. The molecule has 0 atom stereocenters. The lowest BCUT2D eigenvalue weighted by Crippen LogP contribution is -2.14. The average Bonchev–Trinajstić information content (AvgIpc) is 3.07. The van der Waals surface area contributed by atoms with E-state index in [4.69, 9.17) is 5.73 Å². The van der Waals surface area contributed by atoms with E-state index in [1.807, 2.05) is 50.2 Å². The number of benzene rings is 2. The van der Waals surface area contributed by atoms with Crippen molar-refractivity contribution >= 4 is 28.4 Å². The van der Waals surface area contributed by atoms with Crippen LogP contribution in [0.15, 0.2) is 54.7 Å².